The van der Waals surface area contributed by atoms with Gasteiger partial charge in [-0.05, 0) is 43.7 Å². The van der Waals surface area contributed by atoms with Crippen LogP contribution >= 0.6 is 0 Å². The summed E-state index contributed by atoms with van der Waals surface area (Å²) < 4.78 is 16.6. The second-order valence-corrected chi connectivity index (χ2v) is 6.41. The van der Waals surface area contributed by atoms with Gasteiger partial charge in [-0.1, -0.05) is 11.2 Å². The molecular weight excluding hydrogens is 344 g/mol. The normalized spacial score (nSPS) is 17.1. The van der Waals surface area contributed by atoms with Gasteiger partial charge in [0.1, 0.15) is 18.1 Å². The predicted molar refractivity (Wildman–Crippen MR) is 99.6 cm³/mol. The Bertz CT molecular complexity index is 868. The van der Waals surface area contributed by atoms with Crippen LogP contribution in [0.5, 0.6) is 11.5 Å². The van der Waals surface area contributed by atoms with Gasteiger partial charge in [-0.3, -0.25) is 9.88 Å². The van der Waals surface area contributed by atoms with Gasteiger partial charge in [0.05, 0.1) is 13.2 Å². The summed E-state index contributed by atoms with van der Waals surface area (Å²) in [4.78, 5) is 11.0. The number of likely N-dealkylation sites (tertiary alicyclic amines) is 1. The van der Waals surface area contributed by atoms with E-state index in [0.29, 0.717) is 18.3 Å². The fraction of sp³-hybridized carbons (Fsp3) is 0.350. The number of aromatic nitrogens is 3. The van der Waals surface area contributed by atoms with E-state index in [0.717, 1.165) is 43.0 Å². The molecule has 0 bridgehead atoms. The number of rotatable bonds is 7. The molecule has 3 heterocycles. The fourth-order valence-electron chi connectivity index (χ4n) is 3.33. The van der Waals surface area contributed by atoms with Crippen LogP contribution in [0.3, 0.4) is 0 Å². The molecule has 0 aliphatic carbocycles. The van der Waals surface area contributed by atoms with Crippen LogP contribution < -0.4 is 9.47 Å². The van der Waals surface area contributed by atoms with Gasteiger partial charge in [0.25, 0.3) is 0 Å². The molecule has 1 aliphatic heterocycles. The molecule has 0 amide bonds. The number of methoxy groups -OCH3 is 1. The minimum atomic E-state index is 0.141. The number of hydrogen-bond donors (Lipinski definition) is 0. The van der Waals surface area contributed by atoms with Crippen LogP contribution in [-0.4, -0.2) is 46.8 Å². The minimum absolute atomic E-state index is 0.141. The second kappa shape index (κ2) is 8.18. The summed E-state index contributed by atoms with van der Waals surface area (Å²) in [6, 6.07) is 11.5. The van der Waals surface area contributed by atoms with Crippen molar-refractivity contribution in [2.45, 2.75) is 18.9 Å². The predicted octanol–water partition coefficient (Wildman–Crippen LogP) is 3.36. The molecule has 3 aromatic rings. The van der Waals surface area contributed by atoms with Crippen LogP contribution in [0.4, 0.5) is 0 Å². The third-order valence-electron chi connectivity index (χ3n) is 4.72. The van der Waals surface area contributed by atoms with Gasteiger partial charge in [-0.25, -0.2) is 0 Å². The maximum Gasteiger partial charge on any atom is 0.244 e. The average molecular weight is 366 g/mol. The number of benzene rings is 1. The van der Waals surface area contributed by atoms with Gasteiger partial charge in [0, 0.05) is 30.6 Å². The second-order valence-electron chi connectivity index (χ2n) is 6.41. The van der Waals surface area contributed by atoms with Gasteiger partial charge in [-0.2, -0.15) is 4.98 Å². The van der Waals surface area contributed by atoms with Gasteiger partial charge >= 0.3 is 0 Å². The SMILES string of the molecule is COc1cccc(OCCN2CCC[C@H]2c2nc(-c3ccncc3)no2)c1. The topological polar surface area (TPSA) is 73.5 Å². The fourth-order valence-corrected chi connectivity index (χ4v) is 3.33. The molecule has 1 saturated heterocycles. The largest absolute Gasteiger partial charge is 0.497 e. The Balaban J connectivity index is 1.37. The Hall–Kier alpha value is -2.93. The first-order valence-corrected chi connectivity index (χ1v) is 9.08. The average Bonchev–Trinajstić information content (AvgIpc) is 3.38. The monoisotopic (exact) mass is 366 g/mol. The maximum atomic E-state index is 5.87. The summed E-state index contributed by atoms with van der Waals surface area (Å²) >= 11 is 0. The molecule has 0 spiro atoms. The molecule has 1 fully saturated rings. The molecule has 1 atom stereocenters. The Kier molecular flexibility index (Phi) is 5.29. The molecule has 0 radical (unpaired) electrons. The van der Waals surface area contributed by atoms with E-state index in [2.05, 4.69) is 20.0 Å². The summed E-state index contributed by atoms with van der Waals surface area (Å²) in [7, 11) is 1.65. The van der Waals surface area contributed by atoms with E-state index in [1.807, 2.05) is 36.4 Å². The van der Waals surface area contributed by atoms with Crippen molar-refractivity contribution in [3.63, 3.8) is 0 Å². The lowest BCUT2D eigenvalue weighted by Gasteiger charge is -2.21. The first-order chi connectivity index (χ1) is 13.3. The first-order valence-electron chi connectivity index (χ1n) is 9.08. The lowest BCUT2D eigenvalue weighted by molar-refractivity contribution is 0.172. The maximum absolute atomic E-state index is 5.87. The van der Waals surface area contributed by atoms with Crippen molar-refractivity contribution < 1.29 is 14.0 Å². The van der Waals surface area contributed by atoms with Crippen molar-refractivity contribution in [3.8, 4) is 22.9 Å². The van der Waals surface area contributed by atoms with E-state index < -0.39 is 0 Å². The molecule has 4 rings (SSSR count). The van der Waals surface area contributed by atoms with Crippen molar-refractivity contribution in [3.05, 3.63) is 54.7 Å². The third-order valence-corrected chi connectivity index (χ3v) is 4.72. The Morgan fingerprint density at radius 1 is 1.19 bits per heavy atom. The lowest BCUT2D eigenvalue weighted by Crippen LogP contribution is -2.28. The highest BCUT2D eigenvalue weighted by molar-refractivity contribution is 5.52. The molecule has 7 heteroatoms. The third kappa shape index (κ3) is 4.09. The van der Waals surface area contributed by atoms with Crippen molar-refractivity contribution >= 4 is 0 Å². The first kappa shape index (κ1) is 17.5. The highest BCUT2D eigenvalue weighted by atomic mass is 16.5. The molecule has 1 aliphatic rings. The molecule has 7 nitrogen and oxygen atoms in total. The standard InChI is InChI=1S/C20H22N4O3/c1-25-16-4-2-5-17(14-16)26-13-12-24-11-3-6-18(24)20-22-19(23-27-20)15-7-9-21-10-8-15/h2,4-5,7-10,14,18H,3,6,11-13H2,1H3/t18-/m0/s1. The van der Waals surface area contributed by atoms with Crippen LogP contribution in [-0.2, 0) is 0 Å². The molecule has 27 heavy (non-hydrogen) atoms. The quantitative estimate of drug-likeness (QED) is 0.635. The van der Waals surface area contributed by atoms with Crippen molar-refractivity contribution in [1.82, 2.24) is 20.0 Å². The van der Waals surface area contributed by atoms with Crippen LogP contribution in [0.15, 0.2) is 53.3 Å². The summed E-state index contributed by atoms with van der Waals surface area (Å²) in [5.41, 5.74) is 0.908. The van der Waals surface area contributed by atoms with E-state index in [4.69, 9.17) is 14.0 Å². The van der Waals surface area contributed by atoms with Crippen molar-refractivity contribution in [2.24, 2.45) is 0 Å². The molecule has 0 N–H and O–H groups in total. The smallest absolute Gasteiger partial charge is 0.244 e. The van der Waals surface area contributed by atoms with E-state index >= 15 is 0 Å². The van der Waals surface area contributed by atoms with Crippen LogP contribution in [0.2, 0.25) is 0 Å². The Labute approximate surface area is 157 Å². The van der Waals surface area contributed by atoms with Crippen LogP contribution in [0.1, 0.15) is 24.8 Å². The molecule has 0 unspecified atom stereocenters. The highest BCUT2D eigenvalue weighted by Gasteiger charge is 2.30. The summed E-state index contributed by atoms with van der Waals surface area (Å²) in [6.07, 6.45) is 5.57. The highest BCUT2D eigenvalue weighted by Crippen LogP contribution is 2.31. The Morgan fingerprint density at radius 3 is 2.89 bits per heavy atom. The summed E-state index contributed by atoms with van der Waals surface area (Å²) in [5.74, 6) is 2.87. The minimum Gasteiger partial charge on any atom is -0.497 e. The zero-order valence-electron chi connectivity index (χ0n) is 15.2. The number of hydrogen-bond acceptors (Lipinski definition) is 7. The van der Waals surface area contributed by atoms with Crippen LogP contribution in [0.25, 0.3) is 11.4 Å². The number of nitrogens with zero attached hydrogens (tertiary/aromatic N) is 4. The lowest BCUT2D eigenvalue weighted by atomic mass is 10.2. The van der Waals surface area contributed by atoms with E-state index in [-0.39, 0.29) is 6.04 Å². The van der Waals surface area contributed by atoms with Crippen molar-refractivity contribution in [2.75, 3.05) is 26.8 Å². The molecule has 1 aromatic carbocycles. The van der Waals surface area contributed by atoms with Crippen LogP contribution in [0, 0.1) is 0 Å². The molecule has 0 saturated carbocycles. The number of pyridine rings is 1. The summed E-state index contributed by atoms with van der Waals surface area (Å²) in [5, 5.41) is 4.13. The van der Waals surface area contributed by atoms with E-state index in [1.54, 1.807) is 19.5 Å². The van der Waals surface area contributed by atoms with Gasteiger partial charge < -0.3 is 14.0 Å². The molecular formula is C20H22N4O3. The van der Waals surface area contributed by atoms with Gasteiger partial charge in [-0.15, -0.1) is 0 Å². The zero-order valence-corrected chi connectivity index (χ0v) is 15.2. The van der Waals surface area contributed by atoms with E-state index in [1.165, 1.54) is 0 Å². The van der Waals surface area contributed by atoms with Gasteiger partial charge in [0.2, 0.25) is 11.7 Å². The zero-order chi connectivity index (χ0) is 18.5. The van der Waals surface area contributed by atoms with E-state index in [9.17, 15) is 0 Å². The molecule has 140 valence electrons. The summed E-state index contributed by atoms with van der Waals surface area (Å²) in [6.45, 7) is 2.39. The number of ether oxygens (including phenoxy) is 2. The molecule has 2 aromatic heterocycles. The Morgan fingerprint density at radius 2 is 2.04 bits per heavy atom. The van der Waals surface area contributed by atoms with Crippen molar-refractivity contribution in [1.29, 1.82) is 0 Å². The van der Waals surface area contributed by atoms with Gasteiger partial charge in [0.15, 0.2) is 0 Å².